The van der Waals surface area contributed by atoms with E-state index in [9.17, 15) is 91.7 Å². The van der Waals surface area contributed by atoms with Crippen LogP contribution in [0.2, 0.25) is 0 Å². The second kappa shape index (κ2) is 56.5. The summed E-state index contributed by atoms with van der Waals surface area (Å²) in [6.45, 7) is 4.82. The topological polar surface area (TPSA) is 811 Å². The molecular weight excluding hydrogens is 1580 g/mol. The minimum Gasteiger partial charge on any atom is -0.481 e. The first-order chi connectivity index (χ1) is 57.2. The molecule has 0 aliphatic rings. The van der Waals surface area contributed by atoms with Crippen LogP contribution in [-0.2, 0) is 94.3 Å². The van der Waals surface area contributed by atoms with Crippen LogP contribution in [0.3, 0.4) is 0 Å². The second-order valence-electron chi connectivity index (χ2n) is 28.8. The molecule has 0 heterocycles. The van der Waals surface area contributed by atoms with Crippen molar-refractivity contribution in [3.63, 3.8) is 0 Å². The van der Waals surface area contributed by atoms with Crippen molar-refractivity contribution in [3.8, 4) is 0 Å². The highest BCUT2D eigenvalue weighted by atomic mass is 16.4. The minimum atomic E-state index is -2.11. The van der Waals surface area contributed by atoms with Crippen molar-refractivity contribution < 1.29 is 96.8 Å². The van der Waals surface area contributed by atoms with Crippen molar-refractivity contribution in [2.45, 2.75) is 234 Å². The monoisotopic (exact) mass is 1710 g/mol. The maximum absolute atomic E-state index is 14.9. The summed E-state index contributed by atoms with van der Waals surface area (Å²) in [7, 11) is 0. The Labute approximate surface area is 699 Å². The van der Waals surface area contributed by atoms with Crippen molar-refractivity contribution >= 4 is 118 Å². The van der Waals surface area contributed by atoms with Gasteiger partial charge in [-0.1, -0.05) is 80.9 Å². The van der Waals surface area contributed by atoms with Crippen LogP contribution in [-0.4, -0.2) is 245 Å². The molecule has 2 aromatic carbocycles. The molecule has 46 heteroatoms. The van der Waals surface area contributed by atoms with Gasteiger partial charge in [0.1, 0.15) is 72.5 Å². The van der Waals surface area contributed by atoms with E-state index in [4.69, 9.17) is 67.2 Å². The first-order valence-electron chi connectivity index (χ1n) is 39.5. The number of amides is 14. The maximum Gasteiger partial charge on any atom is 0.326 e. The molecule has 0 unspecified atom stereocenters. The number of primary amides is 2. The van der Waals surface area contributed by atoms with Crippen molar-refractivity contribution in [2.75, 3.05) is 32.7 Å². The summed E-state index contributed by atoms with van der Waals surface area (Å²) in [4.78, 5) is 232. The standard InChI is InChI=1S/C75H122N26O20/c1-4-40(2)59(71(119)96-50(72(120)121)26-17-35-89-75(85)86)101-70(118)52(37-43-20-9-6-10-21-43)97-60(108)41(3)90-67(115)51(36-42-18-7-5-8-19-42)99-65(113)48(25-16-34-88-74(83)84)92-62(110)46(23-12-14-32-77)93-69(117)54(39-58(106)107)100-66(114)49(28-29-55(79)102)95-63(111)45(22-11-13-31-76)91-64(112)47(24-15-33-87-73(81)82)94-68(116)53(38-56(80)103)98-61(109)44(78)27-30-57(104)105/h5-10,18-21,40-41,44-54,59H,4,11-17,22-39,76-78H2,1-3H3,(H2,79,102)(H2,80,103)(H,90,115)(H,91,112)(H,92,110)(H,93,117)(H,94,116)(H,95,111)(H,96,119)(H,97,108)(H,98,109)(H,99,113)(H,100,114)(H,101,118)(H,104,105)(H,106,107)(H,120,121)(H4,81,82,87)(H4,83,84,88)(H4,85,86,89)/t40-,41-,44-,45-,46-,47-,48-,49-,50-,51-,52-,53-,54-,59-/m0/s1. The highest BCUT2D eigenvalue weighted by Gasteiger charge is 2.39. The fraction of sp³-hybridized carbons (Fsp3) is 0.573. The molecule has 14 amide bonds. The number of guanidine groups is 3. The number of hydrogen-bond donors (Lipinski definition) is 29. The zero-order valence-electron chi connectivity index (χ0n) is 68.1. The summed E-state index contributed by atoms with van der Waals surface area (Å²) in [6, 6.07) is -4.45. The highest BCUT2D eigenvalue weighted by molar-refractivity contribution is 6.01. The third kappa shape index (κ3) is 42.9. The minimum absolute atomic E-state index is 0.0145. The predicted octanol–water partition coefficient (Wildman–Crippen LogP) is -7.70. The lowest BCUT2D eigenvalue weighted by atomic mass is 9.96. The molecule has 0 aliphatic heterocycles. The van der Waals surface area contributed by atoms with Crippen molar-refractivity contribution in [2.24, 2.45) is 51.8 Å². The van der Waals surface area contributed by atoms with Gasteiger partial charge in [-0.2, -0.15) is 0 Å². The van der Waals surface area contributed by atoms with Gasteiger partial charge in [-0.3, -0.25) is 92.9 Å². The summed E-state index contributed by atoms with van der Waals surface area (Å²) in [5, 5.41) is 89.3. The molecule has 2 rings (SSSR count). The van der Waals surface area contributed by atoms with Crippen LogP contribution in [0.5, 0.6) is 0 Å². The van der Waals surface area contributed by atoms with E-state index in [1.807, 2.05) is 0 Å². The molecule has 2 aromatic rings. The molecule has 0 spiro atoms. The average molecular weight is 1710 g/mol. The molecule has 0 radical (unpaired) electrons. The number of hydrogen-bond acceptors (Lipinski definition) is 23. The summed E-state index contributed by atoms with van der Waals surface area (Å²) in [5.74, 6) is -21.1. The fourth-order valence-corrected chi connectivity index (χ4v) is 11.9. The molecule has 37 N–H and O–H groups in total. The lowest BCUT2D eigenvalue weighted by Gasteiger charge is -2.29. The summed E-state index contributed by atoms with van der Waals surface area (Å²) >= 11 is 0. The summed E-state index contributed by atoms with van der Waals surface area (Å²) in [6.07, 6.45) is -4.64. The van der Waals surface area contributed by atoms with E-state index in [1.54, 1.807) is 74.5 Å². The molecule has 672 valence electrons. The lowest BCUT2D eigenvalue weighted by Crippen LogP contribution is -2.61. The maximum atomic E-state index is 14.9. The number of unbranched alkanes of at least 4 members (excludes halogenated alkanes) is 2. The van der Waals surface area contributed by atoms with E-state index in [2.05, 4.69) is 79.8 Å². The zero-order valence-corrected chi connectivity index (χ0v) is 68.1. The first kappa shape index (κ1) is 104. The Balaban J connectivity index is 2.64. The van der Waals surface area contributed by atoms with E-state index in [1.165, 1.54) is 6.92 Å². The van der Waals surface area contributed by atoms with E-state index in [-0.39, 0.29) is 135 Å². The van der Waals surface area contributed by atoms with Crippen LogP contribution in [0.4, 0.5) is 0 Å². The van der Waals surface area contributed by atoms with Gasteiger partial charge in [0.25, 0.3) is 0 Å². The molecule has 46 nitrogen and oxygen atoms in total. The van der Waals surface area contributed by atoms with Crippen molar-refractivity contribution in [1.29, 1.82) is 16.2 Å². The number of rotatable bonds is 61. The molecule has 0 aliphatic carbocycles. The molecule has 0 saturated heterocycles. The first-order valence-corrected chi connectivity index (χ1v) is 39.5. The fourth-order valence-electron chi connectivity index (χ4n) is 11.9. The van der Waals surface area contributed by atoms with Crippen LogP contribution < -0.4 is 126 Å². The summed E-state index contributed by atoms with van der Waals surface area (Å²) in [5.41, 5.74) is 45.7. The zero-order chi connectivity index (χ0) is 90.8. The van der Waals surface area contributed by atoms with Crippen molar-refractivity contribution in [3.05, 3.63) is 71.8 Å². The van der Waals surface area contributed by atoms with E-state index in [0.29, 0.717) is 17.5 Å². The Bertz CT molecular complexity index is 3830. The van der Waals surface area contributed by atoms with Crippen LogP contribution in [0.1, 0.15) is 154 Å². The number of benzene rings is 2. The van der Waals surface area contributed by atoms with Gasteiger partial charge < -0.3 is 141 Å². The Morgan fingerprint density at radius 1 is 0.347 bits per heavy atom. The molecule has 121 heavy (non-hydrogen) atoms. The van der Waals surface area contributed by atoms with Crippen LogP contribution in [0.15, 0.2) is 60.7 Å². The van der Waals surface area contributed by atoms with Crippen LogP contribution in [0.25, 0.3) is 0 Å². The molecule has 0 fully saturated rings. The Morgan fingerprint density at radius 3 is 1.04 bits per heavy atom. The lowest BCUT2D eigenvalue weighted by molar-refractivity contribution is -0.143. The van der Waals surface area contributed by atoms with E-state index < -0.39 is 229 Å². The summed E-state index contributed by atoms with van der Waals surface area (Å²) < 4.78 is 0. The number of aliphatic carboxylic acids is 3. The van der Waals surface area contributed by atoms with Gasteiger partial charge in [0.05, 0.1) is 18.9 Å². The van der Waals surface area contributed by atoms with E-state index in [0.717, 1.165) is 0 Å². The van der Waals surface area contributed by atoms with Gasteiger partial charge >= 0.3 is 17.9 Å². The van der Waals surface area contributed by atoms with E-state index >= 15 is 0 Å². The highest BCUT2D eigenvalue weighted by Crippen LogP contribution is 2.16. The van der Waals surface area contributed by atoms with Gasteiger partial charge in [-0.05, 0) is 127 Å². The average Bonchev–Trinajstić information content (AvgIpc) is 0.852. The van der Waals surface area contributed by atoms with Crippen molar-refractivity contribution in [1.82, 2.24) is 79.8 Å². The number of carboxylic acid groups (broad SMARTS) is 3. The third-order valence-electron chi connectivity index (χ3n) is 18.7. The van der Waals surface area contributed by atoms with Gasteiger partial charge in [-0.25, -0.2) is 4.79 Å². The third-order valence-corrected chi connectivity index (χ3v) is 18.7. The number of carboxylic acids is 3. The number of carbonyl (C=O) groups is 17. The normalized spacial score (nSPS) is 14.4. The SMILES string of the molecule is CC[C@H](C)[C@H](NC(=O)[C@H](Cc1ccccc1)NC(=O)[C@H](C)NC(=O)[C@H](Cc1ccccc1)NC(=O)[C@H](CCCNC(=N)N)NC(=O)[C@H](CCCCN)NC(=O)[C@H](CC(=O)O)NC(=O)[C@H](CCC(N)=O)NC(=O)[C@H](CCCCN)NC(=O)[C@H](CCCNC(=N)N)NC(=O)[C@H](CC(N)=O)NC(=O)[C@@H](N)CCC(=O)O)C(=O)N[C@@H](CCCNC(=N)N)C(=O)O. The largest absolute Gasteiger partial charge is 0.481 e. The number of nitrogens with two attached hydrogens (primary N) is 8. The molecule has 0 aromatic heterocycles. The smallest absolute Gasteiger partial charge is 0.326 e. The Morgan fingerprint density at radius 2 is 0.678 bits per heavy atom. The van der Waals surface area contributed by atoms with Gasteiger partial charge in [0, 0.05) is 45.3 Å². The number of carbonyl (C=O) groups excluding carboxylic acids is 14. The molecule has 0 bridgehead atoms. The number of nitrogens with one attached hydrogen (secondary N) is 18. The second-order valence-corrected chi connectivity index (χ2v) is 28.8. The molecule has 14 atom stereocenters. The van der Waals surface area contributed by atoms with Crippen LogP contribution >= 0.6 is 0 Å². The molecular formula is C75H122N26O20. The predicted molar refractivity (Wildman–Crippen MR) is 439 cm³/mol. The quantitative estimate of drug-likeness (QED) is 0.0166. The van der Waals surface area contributed by atoms with Crippen LogP contribution in [0, 0.1) is 22.1 Å². The molecule has 0 saturated carbocycles. The Kier molecular flexibility index (Phi) is 48.7. The van der Waals surface area contributed by atoms with Gasteiger partial charge in [0.2, 0.25) is 82.7 Å². The Hall–Kier alpha value is -12.9. The van der Waals surface area contributed by atoms with Gasteiger partial charge in [-0.15, -0.1) is 0 Å². The van der Waals surface area contributed by atoms with Gasteiger partial charge in [0.15, 0.2) is 17.9 Å².